The lowest BCUT2D eigenvalue weighted by molar-refractivity contribution is 0.153. The average molecular weight is 430 g/mol. The maximum absolute atomic E-state index is 9.93. The van der Waals surface area contributed by atoms with E-state index in [0.29, 0.717) is 19.1 Å². The van der Waals surface area contributed by atoms with Crippen molar-refractivity contribution in [1.82, 2.24) is 9.97 Å². The fourth-order valence-electron chi connectivity index (χ4n) is 4.93. The number of rotatable bonds is 6. The van der Waals surface area contributed by atoms with Crippen molar-refractivity contribution in [2.45, 2.75) is 57.2 Å². The van der Waals surface area contributed by atoms with E-state index in [1.807, 2.05) is 6.07 Å². The predicted molar refractivity (Wildman–Crippen MR) is 126 cm³/mol. The van der Waals surface area contributed by atoms with E-state index < -0.39 is 0 Å². The second-order valence-electron chi connectivity index (χ2n) is 9.20. The van der Waals surface area contributed by atoms with Crippen molar-refractivity contribution in [2.75, 3.05) is 18.0 Å². The van der Waals surface area contributed by atoms with E-state index in [1.54, 1.807) is 6.20 Å². The number of ether oxygens (including phenoxy) is 1. The van der Waals surface area contributed by atoms with Crippen molar-refractivity contribution in [1.29, 1.82) is 0 Å². The Morgan fingerprint density at radius 1 is 1.00 bits per heavy atom. The molecule has 2 aromatic carbocycles. The van der Waals surface area contributed by atoms with Gasteiger partial charge in [0.2, 0.25) is 5.95 Å². The first-order chi connectivity index (χ1) is 15.6. The van der Waals surface area contributed by atoms with E-state index in [9.17, 15) is 5.11 Å². The zero-order valence-corrected chi connectivity index (χ0v) is 18.7. The summed E-state index contributed by atoms with van der Waals surface area (Å²) in [6, 6.07) is 19.5. The second kappa shape index (κ2) is 8.91. The van der Waals surface area contributed by atoms with Gasteiger partial charge in [-0.1, -0.05) is 48.4 Å². The monoisotopic (exact) mass is 429 g/mol. The molecule has 2 aliphatic rings. The van der Waals surface area contributed by atoms with Gasteiger partial charge in [0.05, 0.1) is 11.8 Å². The van der Waals surface area contributed by atoms with Crippen LogP contribution >= 0.6 is 0 Å². The van der Waals surface area contributed by atoms with Crippen LogP contribution in [0.15, 0.2) is 60.8 Å². The van der Waals surface area contributed by atoms with Gasteiger partial charge in [0, 0.05) is 24.7 Å². The molecule has 1 saturated heterocycles. The molecule has 2 fully saturated rings. The van der Waals surface area contributed by atoms with Gasteiger partial charge in [0.15, 0.2) is 0 Å². The maximum Gasteiger partial charge on any atom is 0.225 e. The first-order valence-corrected chi connectivity index (χ1v) is 11.7. The van der Waals surface area contributed by atoms with Gasteiger partial charge in [-0.25, -0.2) is 9.97 Å². The van der Waals surface area contributed by atoms with Crippen LogP contribution in [0.5, 0.6) is 5.75 Å². The Bertz CT molecular complexity index is 1050. The molecule has 0 spiro atoms. The molecule has 0 amide bonds. The van der Waals surface area contributed by atoms with Crippen molar-refractivity contribution in [2.24, 2.45) is 0 Å². The van der Waals surface area contributed by atoms with Gasteiger partial charge < -0.3 is 14.7 Å². The molecule has 0 unspecified atom stereocenters. The van der Waals surface area contributed by atoms with Gasteiger partial charge in [-0.15, -0.1) is 0 Å². The van der Waals surface area contributed by atoms with Crippen LogP contribution in [-0.4, -0.2) is 34.3 Å². The SMILES string of the molecule is Cc1ccc(C2(c3ccc(OCc4ccnc(N5CCC[C@H](O)C5)n4)cc3)CCC2)cc1. The highest BCUT2D eigenvalue weighted by atomic mass is 16.5. The number of hydrogen-bond donors (Lipinski definition) is 1. The molecular formula is C27H31N3O2. The molecule has 2 heterocycles. The number of hydrogen-bond acceptors (Lipinski definition) is 5. The van der Waals surface area contributed by atoms with Gasteiger partial charge in [0.25, 0.3) is 0 Å². The summed E-state index contributed by atoms with van der Waals surface area (Å²) in [5.41, 5.74) is 5.07. The molecule has 0 radical (unpaired) electrons. The summed E-state index contributed by atoms with van der Waals surface area (Å²) in [5.74, 6) is 1.52. The fraction of sp³-hybridized carbons (Fsp3) is 0.407. The molecule has 5 rings (SSSR count). The van der Waals surface area contributed by atoms with Crippen molar-refractivity contribution >= 4 is 5.95 Å². The van der Waals surface area contributed by atoms with Crippen molar-refractivity contribution in [3.05, 3.63) is 83.2 Å². The third-order valence-electron chi connectivity index (χ3n) is 6.98. The van der Waals surface area contributed by atoms with Crippen LogP contribution in [0.25, 0.3) is 0 Å². The number of aryl methyl sites for hydroxylation is 1. The van der Waals surface area contributed by atoms with Gasteiger partial charge in [0.1, 0.15) is 12.4 Å². The molecule has 3 aromatic rings. The average Bonchev–Trinajstić information content (AvgIpc) is 2.79. The van der Waals surface area contributed by atoms with Crippen LogP contribution in [0.4, 0.5) is 5.95 Å². The number of aliphatic hydroxyl groups excluding tert-OH is 1. The zero-order chi connectivity index (χ0) is 22.0. The Balaban J connectivity index is 1.26. The highest BCUT2D eigenvalue weighted by Gasteiger charge is 2.40. The van der Waals surface area contributed by atoms with E-state index >= 15 is 0 Å². The van der Waals surface area contributed by atoms with E-state index in [2.05, 4.69) is 70.3 Å². The number of benzene rings is 2. The lowest BCUT2D eigenvalue weighted by atomic mass is 9.60. The standard InChI is InChI=1S/C27H31N3O2/c1-20-5-7-21(8-6-20)27(14-3-15-27)22-9-11-25(12-10-22)32-19-23-13-16-28-26(29-23)30-17-2-4-24(31)18-30/h5-13,16,24,31H,2-4,14-15,17-19H2,1H3/t24-/m0/s1. The highest BCUT2D eigenvalue weighted by molar-refractivity contribution is 5.44. The highest BCUT2D eigenvalue weighted by Crippen LogP contribution is 2.49. The third kappa shape index (κ3) is 4.22. The zero-order valence-electron chi connectivity index (χ0n) is 18.7. The molecule has 166 valence electrons. The minimum atomic E-state index is -0.301. The summed E-state index contributed by atoms with van der Waals surface area (Å²) in [5, 5.41) is 9.93. The minimum absolute atomic E-state index is 0.146. The van der Waals surface area contributed by atoms with Crippen LogP contribution < -0.4 is 9.64 Å². The summed E-state index contributed by atoms with van der Waals surface area (Å²) in [6.07, 6.45) is 6.95. The van der Waals surface area contributed by atoms with Gasteiger partial charge >= 0.3 is 0 Å². The number of anilines is 1. The topological polar surface area (TPSA) is 58.5 Å². The summed E-state index contributed by atoms with van der Waals surface area (Å²) in [7, 11) is 0. The molecule has 1 aliphatic heterocycles. The fourth-order valence-corrected chi connectivity index (χ4v) is 4.93. The molecule has 1 saturated carbocycles. The summed E-state index contributed by atoms with van der Waals surface area (Å²) >= 11 is 0. The molecule has 5 heteroatoms. The molecule has 1 atom stereocenters. The maximum atomic E-state index is 9.93. The normalized spacial score (nSPS) is 19.9. The number of β-amino-alcohol motifs (C(OH)–C–C–N with tert-alkyl or cyclic N) is 1. The van der Waals surface area contributed by atoms with Crippen LogP contribution in [0, 0.1) is 6.92 Å². The van der Waals surface area contributed by atoms with Gasteiger partial charge in [-0.3, -0.25) is 0 Å². The van der Waals surface area contributed by atoms with Crippen LogP contribution in [0.2, 0.25) is 0 Å². The lowest BCUT2D eigenvalue weighted by Crippen LogP contribution is -2.39. The Kier molecular flexibility index (Phi) is 5.83. The van der Waals surface area contributed by atoms with E-state index in [1.165, 1.54) is 36.0 Å². The van der Waals surface area contributed by atoms with E-state index in [4.69, 9.17) is 4.74 Å². The Hall–Kier alpha value is -2.92. The van der Waals surface area contributed by atoms with Gasteiger partial charge in [-0.05, 0) is 61.9 Å². The van der Waals surface area contributed by atoms with Crippen LogP contribution in [0.1, 0.15) is 54.5 Å². The van der Waals surface area contributed by atoms with Crippen LogP contribution in [-0.2, 0) is 12.0 Å². The summed E-state index contributed by atoms with van der Waals surface area (Å²) in [6.45, 7) is 4.01. The molecule has 1 aromatic heterocycles. The molecular weight excluding hydrogens is 398 g/mol. The lowest BCUT2D eigenvalue weighted by Gasteiger charge is -2.43. The largest absolute Gasteiger partial charge is 0.487 e. The Morgan fingerprint density at radius 2 is 1.72 bits per heavy atom. The third-order valence-corrected chi connectivity index (χ3v) is 6.98. The number of nitrogens with zero attached hydrogens (tertiary/aromatic N) is 3. The molecule has 0 bridgehead atoms. The van der Waals surface area contributed by atoms with Crippen molar-refractivity contribution < 1.29 is 9.84 Å². The second-order valence-corrected chi connectivity index (χ2v) is 9.20. The number of aromatic nitrogens is 2. The molecule has 1 aliphatic carbocycles. The van der Waals surface area contributed by atoms with Crippen molar-refractivity contribution in [3.8, 4) is 5.75 Å². The molecule has 32 heavy (non-hydrogen) atoms. The number of aliphatic hydroxyl groups is 1. The van der Waals surface area contributed by atoms with Crippen LogP contribution in [0.3, 0.4) is 0 Å². The first kappa shape index (κ1) is 21.0. The molecule has 5 nitrogen and oxygen atoms in total. The quantitative estimate of drug-likeness (QED) is 0.610. The Labute approximate surface area is 190 Å². The minimum Gasteiger partial charge on any atom is -0.487 e. The smallest absolute Gasteiger partial charge is 0.225 e. The van der Waals surface area contributed by atoms with E-state index in [-0.39, 0.29) is 11.5 Å². The van der Waals surface area contributed by atoms with Gasteiger partial charge in [-0.2, -0.15) is 0 Å². The van der Waals surface area contributed by atoms with Crippen molar-refractivity contribution in [3.63, 3.8) is 0 Å². The number of piperidine rings is 1. The summed E-state index contributed by atoms with van der Waals surface area (Å²) in [4.78, 5) is 11.1. The predicted octanol–water partition coefficient (Wildman–Crippen LogP) is 4.80. The molecule has 1 N–H and O–H groups in total. The first-order valence-electron chi connectivity index (χ1n) is 11.7. The van der Waals surface area contributed by atoms with E-state index in [0.717, 1.165) is 30.8 Å². The Morgan fingerprint density at radius 3 is 2.38 bits per heavy atom. The summed E-state index contributed by atoms with van der Waals surface area (Å²) < 4.78 is 6.04.